The van der Waals surface area contributed by atoms with Gasteiger partial charge in [0.1, 0.15) is 6.61 Å². The molecule has 1 aromatic rings. The summed E-state index contributed by atoms with van der Waals surface area (Å²) >= 11 is 0. The maximum atomic E-state index is 11.8. The van der Waals surface area contributed by atoms with Crippen molar-refractivity contribution in [3.63, 3.8) is 0 Å². The molecular formula is C11H19N3O2. The molecular weight excluding hydrogens is 206 g/mol. The number of likely N-dealkylation sites (N-methyl/N-ethyl adjacent to an activating group) is 1. The van der Waals surface area contributed by atoms with Gasteiger partial charge >= 0.3 is 5.56 Å². The van der Waals surface area contributed by atoms with E-state index in [4.69, 9.17) is 4.74 Å². The van der Waals surface area contributed by atoms with E-state index in [1.54, 1.807) is 17.0 Å². The van der Waals surface area contributed by atoms with E-state index in [1.807, 2.05) is 13.8 Å². The Bertz CT molecular complexity index is 362. The summed E-state index contributed by atoms with van der Waals surface area (Å²) in [5, 5.41) is 3.12. The van der Waals surface area contributed by atoms with Crippen LogP contribution in [0.5, 0.6) is 5.88 Å². The summed E-state index contributed by atoms with van der Waals surface area (Å²) in [5.41, 5.74) is -0.152. The van der Waals surface area contributed by atoms with Gasteiger partial charge in [-0.2, -0.15) is 0 Å². The number of aromatic nitrogens is 2. The highest BCUT2D eigenvalue weighted by atomic mass is 16.5. The molecule has 1 rings (SSSR count). The first-order valence-corrected chi connectivity index (χ1v) is 5.68. The van der Waals surface area contributed by atoms with Crippen LogP contribution in [-0.4, -0.2) is 29.2 Å². The highest BCUT2D eigenvalue weighted by Crippen LogP contribution is 1.96. The van der Waals surface area contributed by atoms with Gasteiger partial charge in [0.05, 0.1) is 0 Å². The first-order valence-electron chi connectivity index (χ1n) is 5.68. The summed E-state index contributed by atoms with van der Waals surface area (Å²) in [7, 11) is 0. The minimum Gasteiger partial charge on any atom is -0.472 e. The Kier molecular flexibility index (Phi) is 5.56. The van der Waals surface area contributed by atoms with Crippen LogP contribution >= 0.6 is 0 Å². The van der Waals surface area contributed by atoms with E-state index < -0.39 is 0 Å². The van der Waals surface area contributed by atoms with Gasteiger partial charge < -0.3 is 14.6 Å². The second-order valence-electron chi connectivity index (χ2n) is 3.43. The molecule has 0 aliphatic rings. The van der Waals surface area contributed by atoms with Crippen molar-refractivity contribution in [3.8, 4) is 5.88 Å². The number of rotatable bonds is 7. The average Bonchev–Trinajstić information content (AvgIpc) is 2.29. The van der Waals surface area contributed by atoms with E-state index in [0.717, 1.165) is 19.5 Å². The summed E-state index contributed by atoms with van der Waals surface area (Å²) in [6.45, 7) is 6.83. The second-order valence-corrected chi connectivity index (χ2v) is 3.43. The third kappa shape index (κ3) is 3.66. The zero-order chi connectivity index (χ0) is 11.8. The molecule has 1 heterocycles. The van der Waals surface area contributed by atoms with E-state index in [0.29, 0.717) is 13.2 Å². The second kappa shape index (κ2) is 7.00. The molecule has 0 atom stereocenters. The van der Waals surface area contributed by atoms with Gasteiger partial charge in [-0.1, -0.05) is 13.8 Å². The molecule has 0 aliphatic carbocycles. The van der Waals surface area contributed by atoms with Crippen LogP contribution in [0.1, 0.15) is 20.3 Å². The molecule has 0 fully saturated rings. The van der Waals surface area contributed by atoms with Gasteiger partial charge in [-0.25, -0.2) is 4.98 Å². The van der Waals surface area contributed by atoms with Crippen molar-refractivity contribution < 1.29 is 4.74 Å². The van der Waals surface area contributed by atoms with Crippen molar-refractivity contribution in [1.29, 1.82) is 0 Å². The number of aryl methyl sites for hydroxylation is 1. The van der Waals surface area contributed by atoms with Gasteiger partial charge in [0.15, 0.2) is 0 Å². The Morgan fingerprint density at radius 1 is 1.50 bits per heavy atom. The fraction of sp³-hybridized carbons (Fsp3) is 0.636. The van der Waals surface area contributed by atoms with Crippen molar-refractivity contribution in [2.75, 3.05) is 19.7 Å². The van der Waals surface area contributed by atoms with Crippen LogP contribution in [0.3, 0.4) is 0 Å². The SMILES string of the molecule is CCCn1ccnc(OCCNCC)c1=O. The average molecular weight is 225 g/mol. The van der Waals surface area contributed by atoms with Crippen molar-refractivity contribution in [2.45, 2.75) is 26.8 Å². The van der Waals surface area contributed by atoms with Crippen molar-refractivity contribution >= 4 is 0 Å². The molecule has 0 aliphatic heterocycles. The smallest absolute Gasteiger partial charge is 0.313 e. The van der Waals surface area contributed by atoms with E-state index in [-0.39, 0.29) is 11.4 Å². The fourth-order valence-corrected chi connectivity index (χ4v) is 1.34. The first kappa shape index (κ1) is 12.7. The molecule has 0 bridgehead atoms. The topological polar surface area (TPSA) is 56.1 Å². The molecule has 0 saturated carbocycles. The minimum atomic E-state index is -0.152. The van der Waals surface area contributed by atoms with E-state index in [1.165, 1.54) is 0 Å². The van der Waals surface area contributed by atoms with E-state index in [9.17, 15) is 4.79 Å². The van der Waals surface area contributed by atoms with E-state index in [2.05, 4.69) is 10.3 Å². The third-order valence-corrected chi connectivity index (χ3v) is 2.11. The van der Waals surface area contributed by atoms with Crippen LogP contribution in [0.2, 0.25) is 0 Å². The lowest BCUT2D eigenvalue weighted by atomic mass is 10.4. The summed E-state index contributed by atoms with van der Waals surface area (Å²) in [4.78, 5) is 15.7. The van der Waals surface area contributed by atoms with Gasteiger partial charge in [0.25, 0.3) is 5.88 Å². The summed E-state index contributed by atoms with van der Waals surface area (Å²) < 4.78 is 6.94. The summed E-state index contributed by atoms with van der Waals surface area (Å²) in [5.74, 6) is 0.189. The Balaban J connectivity index is 2.59. The molecule has 0 saturated heterocycles. The Labute approximate surface area is 95.5 Å². The Morgan fingerprint density at radius 3 is 3.00 bits per heavy atom. The quantitative estimate of drug-likeness (QED) is 0.692. The largest absolute Gasteiger partial charge is 0.472 e. The molecule has 5 nitrogen and oxygen atoms in total. The van der Waals surface area contributed by atoms with Crippen LogP contribution in [0.15, 0.2) is 17.2 Å². The fourth-order valence-electron chi connectivity index (χ4n) is 1.34. The highest BCUT2D eigenvalue weighted by molar-refractivity contribution is 5.04. The van der Waals surface area contributed by atoms with Crippen molar-refractivity contribution in [1.82, 2.24) is 14.9 Å². The number of nitrogens with one attached hydrogen (secondary N) is 1. The van der Waals surface area contributed by atoms with Crippen LogP contribution in [0, 0.1) is 0 Å². The summed E-state index contributed by atoms with van der Waals surface area (Å²) in [6, 6.07) is 0. The normalized spacial score (nSPS) is 10.4. The number of hydrogen-bond acceptors (Lipinski definition) is 4. The van der Waals surface area contributed by atoms with Gasteiger partial charge in [-0.3, -0.25) is 4.79 Å². The number of nitrogens with zero attached hydrogens (tertiary/aromatic N) is 2. The van der Waals surface area contributed by atoms with Gasteiger partial charge in [0.2, 0.25) is 0 Å². The van der Waals surface area contributed by atoms with Gasteiger partial charge in [-0.05, 0) is 13.0 Å². The first-order chi connectivity index (χ1) is 7.79. The maximum Gasteiger partial charge on any atom is 0.313 e. The summed E-state index contributed by atoms with van der Waals surface area (Å²) in [6.07, 6.45) is 4.20. The lowest BCUT2D eigenvalue weighted by Gasteiger charge is -2.07. The minimum absolute atomic E-state index is 0.152. The van der Waals surface area contributed by atoms with Gasteiger partial charge in [-0.15, -0.1) is 0 Å². The molecule has 1 aromatic heterocycles. The lowest BCUT2D eigenvalue weighted by molar-refractivity contribution is 0.295. The maximum absolute atomic E-state index is 11.8. The molecule has 0 spiro atoms. The molecule has 0 radical (unpaired) electrons. The monoisotopic (exact) mass is 225 g/mol. The molecule has 1 N–H and O–H groups in total. The molecule has 16 heavy (non-hydrogen) atoms. The number of hydrogen-bond donors (Lipinski definition) is 1. The molecule has 0 unspecified atom stereocenters. The Morgan fingerprint density at radius 2 is 2.31 bits per heavy atom. The molecule has 0 amide bonds. The predicted octanol–water partition coefficient (Wildman–Crippen LogP) is 0.642. The van der Waals surface area contributed by atoms with Crippen LogP contribution in [0.4, 0.5) is 0 Å². The van der Waals surface area contributed by atoms with Crippen molar-refractivity contribution in [3.05, 3.63) is 22.7 Å². The van der Waals surface area contributed by atoms with Crippen LogP contribution < -0.4 is 15.6 Å². The molecule has 0 aromatic carbocycles. The molecule has 90 valence electrons. The Hall–Kier alpha value is -1.36. The van der Waals surface area contributed by atoms with Gasteiger partial charge in [0, 0.05) is 25.5 Å². The standard InChI is InChI=1S/C11H19N3O2/c1-3-7-14-8-5-13-10(11(14)15)16-9-6-12-4-2/h5,8,12H,3-4,6-7,9H2,1-2H3. The van der Waals surface area contributed by atoms with Crippen LogP contribution in [0.25, 0.3) is 0 Å². The van der Waals surface area contributed by atoms with Crippen molar-refractivity contribution in [2.24, 2.45) is 0 Å². The highest BCUT2D eigenvalue weighted by Gasteiger charge is 2.04. The number of ether oxygens (including phenoxy) is 1. The molecule has 5 heteroatoms. The third-order valence-electron chi connectivity index (χ3n) is 2.11. The van der Waals surface area contributed by atoms with Crippen LogP contribution in [-0.2, 0) is 6.54 Å². The predicted molar refractivity (Wildman–Crippen MR) is 62.8 cm³/mol. The van der Waals surface area contributed by atoms with E-state index >= 15 is 0 Å². The zero-order valence-electron chi connectivity index (χ0n) is 9.90. The zero-order valence-corrected chi connectivity index (χ0v) is 9.90. The lowest BCUT2D eigenvalue weighted by Crippen LogP contribution is -2.26.